The number of rotatable bonds is 7. The fourth-order valence-corrected chi connectivity index (χ4v) is 4.22. The maximum Gasteiger partial charge on any atom is 0.339 e. The lowest BCUT2D eigenvalue weighted by atomic mass is 10.0. The van der Waals surface area contributed by atoms with Crippen molar-refractivity contribution in [2.45, 2.75) is 51.9 Å². The Morgan fingerprint density at radius 3 is 2.84 bits per heavy atom. The predicted molar refractivity (Wildman–Crippen MR) is 94.5 cm³/mol. The number of thiazole rings is 1. The van der Waals surface area contributed by atoms with E-state index in [1.807, 2.05) is 0 Å². The van der Waals surface area contributed by atoms with Crippen molar-refractivity contribution >= 4 is 23.2 Å². The summed E-state index contributed by atoms with van der Waals surface area (Å²) in [7, 11) is 0. The molecule has 134 valence electrons. The van der Waals surface area contributed by atoms with Gasteiger partial charge < -0.3 is 14.8 Å². The van der Waals surface area contributed by atoms with Crippen molar-refractivity contribution in [2.24, 2.45) is 0 Å². The lowest BCUT2D eigenvalue weighted by Gasteiger charge is -2.06. The number of aromatic nitrogens is 1. The molecule has 7 heteroatoms. The van der Waals surface area contributed by atoms with E-state index >= 15 is 0 Å². The summed E-state index contributed by atoms with van der Waals surface area (Å²) in [4.78, 5) is 29.3. The molecule has 1 amide bonds. The molecule has 0 saturated carbocycles. The smallest absolute Gasteiger partial charge is 0.339 e. The molecule has 0 radical (unpaired) electrons. The maximum atomic E-state index is 12.1. The Morgan fingerprint density at radius 1 is 1.36 bits per heavy atom. The van der Waals surface area contributed by atoms with Crippen LogP contribution in [-0.4, -0.2) is 28.5 Å². The van der Waals surface area contributed by atoms with Crippen LogP contribution in [0.5, 0.6) is 0 Å². The highest BCUT2D eigenvalue weighted by Crippen LogP contribution is 2.27. The van der Waals surface area contributed by atoms with Gasteiger partial charge in [0.15, 0.2) is 5.76 Å². The van der Waals surface area contributed by atoms with Gasteiger partial charge in [0, 0.05) is 30.3 Å². The second kappa shape index (κ2) is 7.82. The van der Waals surface area contributed by atoms with Crippen LogP contribution in [0.3, 0.4) is 0 Å². The number of carboxylic acid groups (broad SMARTS) is 1. The first-order valence-electron chi connectivity index (χ1n) is 8.70. The van der Waals surface area contributed by atoms with E-state index in [4.69, 9.17) is 14.5 Å². The minimum absolute atomic E-state index is 0.0546. The molecule has 0 atom stereocenters. The number of aromatic carboxylic acids is 1. The van der Waals surface area contributed by atoms with Gasteiger partial charge in [-0.15, -0.1) is 11.3 Å². The number of carbonyl (C=O) groups is 2. The number of furan rings is 1. The fraction of sp³-hybridized carbons (Fsp3) is 0.500. The van der Waals surface area contributed by atoms with E-state index in [1.54, 1.807) is 18.3 Å². The maximum absolute atomic E-state index is 12.1. The average Bonchev–Trinajstić information content (AvgIpc) is 3.22. The number of nitrogens with zero attached hydrogens (tertiary/aromatic N) is 1. The molecule has 0 aromatic carbocycles. The molecule has 2 heterocycles. The molecule has 1 aliphatic rings. The molecule has 2 aromatic rings. The van der Waals surface area contributed by atoms with Gasteiger partial charge in [-0.05, 0) is 32.1 Å². The monoisotopic (exact) mass is 362 g/mol. The van der Waals surface area contributed by atoms with E-state index in [-0.39, 0.29) is 17.2 Å². The van der Waals surface area contributed by atoms with Gasteiger partial charge in [0.1, 0.15) is 11.3 Å². The third kappa shape index (κ3) is 4.10. The van der Waals surface area contributed by atoms with Crippen molar-refractivity contribution in [3.8, 4) is 0 Å². The van der Waals surface area contributed by atoms with Crippen LogP contribution in [0.15, 0.2) is 10.5 Å². The molecule has 0 saturated heterocycles. The number of hydrogen-bond acceptors (Lipinski definition) is 5. The number of amides is 1. The number of nitrogens with one attached hydrogen (secondary N) is 1. The quantitative estimate of drug-likeness (QED) is 0.738. The molecular formula is C18H22N2O4S. The first-order chi connectivity index (χ1) is 12.1. The van der Waals surface area contributed by atoms with Gasteiger partial charge in [-0.25, -0.2) is 9.78 Å². The Morgan fingerprint density at radius 2 is 2.16 bits per heavy atom. The molecule has 0 spiro atoms. The fourth-order valence-electron chi connectivity index (χ4n) is 3.03. The van der Waals surface area contributed by atoms with E-state index in [0.717, 1.165) is 30.7 Å². The van der Waals surface area contributed by atoms with Crippen LogP contribution in [0.25, 0.3) is 0 Å². The Bertz CT molecular complexity index is 755. The van der Waals surface area contributed by atoms with Gasteiger partial charge in [-0.1, -0.05) is 6.92 Å². The second-order valence-corrected chi connectivity index (χ2v) is 7.32. The van der Waals surface area contributed by atoms with Gasteiger partial charge in [-0.3, -0.25) is 4.79 Å². The van der Waals surface area contributed by atoms with Gasteiger partial charge >= 0.3 is 5.97 Å². The van der Waals surface area contributed by atoms with Gasteiger partial charge in [0.2, 0.25) is 0 Å². The minimum atomic E-state index is -1.08. The summed E-state index contributed by atoms with van der Waals surface area (Å²) in [6.45, 7) is 2.30. The van der Waals surface area contributed by atoms with Gasteiger partial charge in [0.25, 0.3) is 5.91 Å². The van der Waals surface area contributed by atoms with E-state index in [0.29, 0.717) is 18.7 Å². The van der Waals surface area contributed by atoms with Crippen LogP contribution in [0, 0.1) is 0 Å². The molecule has 6 nitrogen and oxygen atoms in total. The highest BCUT2D eigenvalue weighted by molar-refractivity contribution is 7.11. The Hall–Kier alpha value is -2.15. The number of aryl methyl sites for hydroxylation is 4. The number of hydrogen-bond donors (Lipinski definition) is 2. The summed E-state index contributed by atoms with van der Waals surface area (Å²) < 4.78 is 5.35. The molecule has 0 fully saturated rings. The first-order valence-corrected chi connectivity index (χ1v) is 9.51. The van der Waals surface area contributed by atoms with Crippen LogP contribution in [0.2, 0.25) is 0 Å². The highest BCUT2D eigenvalue weighted by Gasteiger charge is 2.20. The standard InChI is InChI=1S/C18H22N2O4S/c1-2-13-11(18(22)23)10-14(24-13)17(21)19-9-5-8-16-20-12-6-3-4-7-15(12)25-16/h10H,2-9H2,1H3,(H,19,21)(H,22,23). The number of carboxylic acids is 1. The Labute approximate surface area is 150 Å². The lowest BCUT2D eigenvalue weighted by Crippen LogP contribution is -2.24. The van der Waals surface area contributed by atoms with Crippen molar-refractivity contribution in [3.63, 3.8) is 0 Å². The Kier molecular flexibility index (Phi) is 5.53. The molecule has 3 rings (SSSR count). The molecule has 2 aromatic heterocycles. The van der Waals surface area contributed by atoms with Crippen LogP contribution in [0.4, 0.5) is 0 Å². The highest BCUT2D eigenvalue weighted by atomic mass is 32.1. The second-order valence-electron chi connectivity index (χ2n) is 6.15. The predicted octanol–water partition coefficient (Wildman–Crippen LogP) is 3.24. The van der Waals surface area contributed by atoms with E-state index in [2.05, 4.69) is 5.32 Å². The average molecular weight is 362 g/mol. The lowest BCUT2D eigenvalue weighted by molar-refractivity contribution is 0.0694. The summed E-state index contributed by atoms with van der Waals surface area (Å²) in [5.41, 5.74) is 1.32. The minimum Gasteiger partial charge on any atom is -0.478 e. The van der Waals surface area contributed by atoms with Crippen molar-refractivity contribution in [3.05, 3.63) is 38.7 Å². The van der Waals surface area contributed by atoms with Gasteiger partial charge in [0.05, 0.1) is 10.7 Å². The molecule has 0 unspecified atom stereocenters. The number of carbonyl (C=O) groups excluding carboxylic acids is 1. The molecule has 0 bridgehead atoms. The zero-order valence-corrected chi connectivity index (χ0v) is 15.1. The normalized spacial score (nSPS) is 13.5. The van der Waals surface area contributed by atoms with Crippen molar-refractivity contribution in [2.75, 3.05) is 6.54 Å². The number of fused-ring (bicyclic) bond motifs is 1. The zero-order chi connectivity index (χ0) is 17.8. The van der Waals surface area contributed by atoms with Crippen molar-refractivity contribution in [1.29, 1.82) is 0 Å². The van der Waals surface area contributed by atoms with Crippen LogP contribution >= 0.6 is 11.3 Å². The third-order valence-electron chi connectivity index (χ3n) is 4.33. The van der Waals surface area contributed by atoms with Crippen LogP contribution < -0.4 is 5.32 Å². The van der Waals surface area contributed by atoms with Gasteiger partial charge in [-0.2, -0.15) is 0 Å². The SMILES string of the molecule is CCc1oc(C(=O)NCCCc2nc3c(s2)CCCC3)cc1C(=O)O. The van der Waals surface area contributed by atoms with Crippen molar-refractivity contribution < 1.29 is 19.1 Å². The topological polar surface area (TPSA) is 92.4 Å². The van der Waals surface area contributed by atoms with Crippen LogP contribution in [0.1, 0.15) is 68.4 Å². The molecule has 1 aliphatic carbocycles. The molecule has 2 N–H and O–H groups in total. The van der Waals surface area contributed by atoms with Crippen molar-refractivity contribution in [1.82, 2.24) is 10.3 Å². The summed E-state index contributed by atoms with van der Waals surface area (Å²) in [6.07, 6.45) is 6.80. The first kappa shape index (κ1) is 17.7. The largest absolute Gasteiger partial charge is 0.478 e. The molecule has 25 heavy (non-hydrogen) atoms. The molecular weight excluding hydrogens is 340 g/mol. The summed E-state index contributed by atoms with van der Waals surface area (Å²) in [5.74, 6) is -1.07. The summed E-state index contributed by atoms with van der Waals surface area (Å²) in [5, 5.41) is 13.0. The van der Waals surface area contributed by atoms with E-state index in [9.17, 15) is 9.59 Å². The van der Waals surface area contributed by atoms with E-state index < -0.39 is 5.97 Å². The third-order valence-corrected chi connectivity index (χ3v) is 5.54. The summed E-state index contributed by atoms with van der Waals surface area (Å²) in [6, 6.07) is 1.30. The van der Waals surface area contributed by atoms with E-state index in [1.165, 1.54) is 29.5 Å². The molecule has 0 aliphatic heterocycles. The zero-order valence-electron chi connectivity index (χ0n) is 14.3. The summed E-state index contributed by atoms with van der Waals surface area (Å²) >= 11 is 1.79. The Balaban J connectivity index is 1.49. The van der Waals surface area contributed by atoms with Crippen LogP contribution in [-0.2, 0) is 25.7 Å².